The summed E-state index contributed by atoms with van der Waals surface area (Å²) in [5, 5.41) is 8.96. The molecule has 0 aromatic heterocycles. The highest BCUT2D eigenvalue weighted by Crippen LogP contribution is 2.32. The second kappa shape index (κ2) is 5.38. The molecule has 20 heavy (non-hydrogen) atoms. The Hall–Kier alpha value is -1.05. The van der Waals surface area contributed by atoms with Crippen molar-refractivity contribution < 1.29 is 18.3 Å². The van der Waals surface area contributed by atoms with Gasteiger partial charge in [0, 0.05) is 23.6 Å². The number of nitrogens with zero attached hydrogens (tertiary/aromatic N) is 1. The summed E-state index contributed by atoms with van der Waals surface area (Å²) in [6.45, 7) is 4.89. The first-order valence-electron chi connectivity index (χ1n) is 6.20. The summed E-state index contributed by atoms with van der Waals surface area (Å²) in [6, 6.07) is 5.50. The molecule has 110 valence electrons. The quantitative estimate of drug-likeness (QED) is 0.922. The molecule has 2 rings (SSSR count). The van der Waals surface area contributed by atoms with Crippen molar-refractivity contribution >= 4 is 27.8 Å². The molecular formula is C13H17NO4S2. The molecule has 0 bridgehead atoms. The third kappa shape index (κ3) is 3.16. The van der Waals surface area contributed by atoms with Gasteiger partial charge in [-0.25, -0.2) is 13.2 Å². The predicted octanol–water partition coefficient (Wildman–Crippen LogP) is 1.90. The van der Waals surface area contributed by atoms with Gasteiger partial charge in [-0.05, 0) is 32.0 Å². The van der Waals surface area contributed by atoms with Crippen molar-refractivity contribution in [3.05, 3.63) is 29.8 Å². The van der Waals surface area contributed by atoms with E-state index >= 15 is 0 Å². The van der Waals surface area contributed by atoms with Crippen LogP contribution in [0.4, 0.5) is 0 Å². The van der Waals surface area contributed by atoms with Gasteiger partial charge in [0.2, 0.25) is 10.0 Å². The van der Waals surface area contributed by atoms with Crippen LogP contribution in [-0.4, -0.2) is 47.4 Å². The Morgan fingerprint density at radius 3 is 2.70 bits per heavy atom. The fourth-order valence-corrected chi connectivity index (χ4v) is 5.07. The molecule has 0 aliphatic carbocycles. The Bertz CT molecular complexity index is 625. The van der Waals surface area contributed by atoms with E-state index in [1.165, 1.54) is 28.6 Å². The van der Waals surface area contributed by atoms with Crippen LogP contribution >= 0.6 is 11.8 Å². The highest BCUT2D eigenvalue weighted by atomic mass is 32.2. The Labute approximate surface area is 123 Å². The zero-order chi connectivity index (χ0) is 15.0. The number of aromatic carboxylic acids is 1. The van der Waals surface area contributed by atoms with E-state index in [-0.39, 0.29) is 15.2 Å². The maximum absolute atomic E-state index is 12.6. The molecule has 0 amide bonds. The van der Waals surface area contributed by atoms with Crippen LogP contribution in [-0.2, 0) is 10.0 Å². The molecule has 0 unspecified atom stereocenters. The standard InChI is InChI=1S/C13H17NO4S2/c1-13(2)9-14(6-7-19-13)20(17,18)11-5-3-4-10(8-11)12(15)16/h3-5,8H,6-7,9H2,1-2H3,(H,15,16). The van der Waals surface area contributed by atoms with E-state index in [4.69, 9.17) is 5.11 Å². The average molecular weight is 315 g/mol. The molecule has 0 spiro atoms. The summed E-state index contributed by atoms with van der Waals surface area (Å²) in [5.74, 6) is -0.387. The number of thioether (sulfide) groups is 1. The lowest BCUT2D eigenvalue weighted by molar-refractivity contribution is 0.0696. The number of hydrogen-bond acceptors (Lipinski definition) is 4. The van der Waals surface area contributed by atoms with Crippen molar-refractivity contribution in [3.8, 4) is 0 Å². The lowest BCUT2D eigenvalue weighted by Gasteiger charge is -2.36. The second-order valence-electron chi connectivity index (χ2n) is 5.28. The monoisotopic (exact) mass is 315 g/mol. The molecule has 0 saturated carbocycles. The molecule has 1 heterocycles. The van der Waals surface area contributed by atoms with Gasteiger partial charge in [-0.2, -0.15) is 16.1 Å². The Kier molecular flexibility index (Phi) is 4.13. The predicted molar refractivity (Wildman–Crippen MR) is 78.7 cm³/mol. The van der Waals surface area contributed by atoms with Gasteiger partial charge in [-0.1, -0.05) is 6.07 Å². The minimum atomic E-state index is -3.63. The molecule has 5 nitrogen and oxygen atoms in total. The van der Waals surface area contributed by atoms with Crippen LogP contribution < -0.4 is 0 Å². The minimum Gasteiger partial charge on any atom is -0.478 e. The van der Waals surface area contributed by atoms with Gasteiger partial charge in [0.15, 0.2) is 0 Å². The van der Waals surface area contributed by atoms with E-state index in [0.29, 0.717) is 13.1 Å². The van der Waals surface area contributed by atoms with Crippen LogP contribution in [0.25, 0.3) is 0 Å². The molecule has 1 aromatic rings. The molecule has 1 aliphatic rings. The maximum atomic E-state index is 12.6. The SMILES string of the molecule is CC1(C)CN(S(=O)(=O)c2cccc(C(=O)O)c2)CCS1. The fourth-order valence-electron chi connectivity index (χ4n) is 2.12. The first kappa shape index (κ1) is 15.3. The van der Waals surface area contributed by atoms with Crippen molar-refractivity contribution in [3.63, 3.8) is 0 Å². The summed E-state index contributed by atoms with van der Waals surface area (Å²) in [5.41, 5.74) is -0.0169. The lowest BCUT2D eigenvalue weighted by Crippen LogP contribution is -2.46. The first-order chi connectivity index (χ1) is 9.22. The zero-order valence-corrected chi connectivity index (χ0v) is 13.0. The molecule has 1 aliphatic heterocycles. The largest absolute Gasteiger partial charge is 0.478 e. The van der Waals surface area contributed by atoms with Crippen LogP contribution in [0, 0.1) is 0 Å². The van der Waals surface area contributed by atoms with E-state index in [0.717, 1.165) is 5.75 Å². The van der Waals surface area contributed by atoms with Crippen LogP contribution in [0.3, 0.4) is 0 Å². The highest BCUT2D eigenvalue weighted by molar-refractivity contribution is 8.00. The van der Waals surface area contributed by atoms with Crippen molar-refractivity contribution in [1.29, 1.82) is 0 Å². The van der Waals surface area contributed by atoms with Gasteiger partial charge >= 0.3 is 5.97 Å². The topological polar surface area (TPSA) is 74.7 Å². The highest BCUT2D eigenvalue weighted by Gasteiger charge is 2.34. The molecule has 7 heteroatoms. The smallest absolute Gasteiger partial charge is 0.335 e. The van der Waals surface area contributed by atoms with Gasteiger partial charge < -0.3 is 5.11 Å². The number of sulfonamides is 1. The molecule has 1 saturated heterocycles. The number of carboxylic acids is 1. The molecular weight excluding hydrogens is 298 g/mol. The molecule has 0 atom stereocenters. The van der Waals surface area contributed by atoms with Crippen LogP contribution in [0.1, 0.15) is 24.2 Å². The third-order valence-corrected chi connectivity index (χ3v) is 6.25. The molecule has 0 radical (unpaired) electrons. The van der Waals surface area contributed by atoms with E-state index in [1.54, 1.807) is 11.8 Å². The summed E-state index contributed by atoms with van der Waals surface area (Å²) >= 11 is 1.74. The van der Waals surface area contributed by atoms with Crippen molar-refractivity contribution in [2.75, 3.05) is 18.8 Å². The second-order valence-corrected chi connectivity index (χ2v) is 9.02. The molecule has 1 fully saturated rings. The van der Waals surface area contributed by atoms with Gasteiger partial charge in [-0.15, -0.1) is 0 Å². The van der Waals surface area contributed by atoms with Crippen LogP contribution in [0.15, 0.2) is 29.2 Å². The van der Waals surface area contributed by atoms with E-state index < -0.39 is 16.0 Å². The normalized spacial score (nSPS) is 19.7. The molecule has 1 aromatic carbocycles. The Morgan fingerprint density at radius 2 is 2.10 bits per heavy atom. The first-order valence-corrected chi connectivity index (χ1v) is 8.62. The fraction of sp³-hybridized carbons (Fsp3) is 0.462. The number of hydrogen-bond donors (Lipinski definition) is 1. The van der Waals surface area contributed by atoms with Crippen molar-refractivity contribution in [2.45, 2.75) is 23.5 Å². The van der Waals surface area contributed by atoms with Crippen LogP contribution in [0.5, 0.6) is 0 Å². The summed E-state index contributed by atoms with van der Waals surface area (Å²) in [6.07, 6.45) is 0. The van der Waals surface area contributed by atoms with Gasteiger partial charge in [0.1, 0.15) is 0 Å². The summed E-state index contributed by atoms with van der Waals surface area (Å²) < 4.78 is 26.5. The van der Waals surface area contributed by atoms with Crippen LogP contribution in [0.2, 0.25) is 0 Å². The van der Waals surface area contributed by atoms with Crippen molar-refractivity contribution in [1.82, 2.24) is 4.31 Å². The maximum Gasteiger partial charge on any atom is 0.335 e. The van der Waals surface area contributed by atoms with Gasteiger partial charge in [0.05, 0.1) is 10.5 Å². The van der Waals surface area contributed by atoms with E-state index in [9.17, 15) is 13.2 Å². The number of benzene rings is 1. The van der Waals surface area contributed by atoms with Gasteiger partial charge in [0.25, 0.3) is 0 Å². The molecule has 1 N–H and O–H groups in total. The summed E-state index contributed by atoms with van der Waals surface area (Å²) in [7, 11) is -3.63. The Morgan fingerprint density at radius 1 is 1.40 bits per heavy atom. The number of carbonyl (C=O) groups is 1. The van der Waals surface area contributed by atoms with Crippen molar-refractivity contribution in [2.24, 2.45) is 0 Å². The van der Waals surface area contributed by atoms with E-state index in [2.05, 4.69) is 0 Å². The number of carboxylic acid groups (broad SMARTS) is 1. The van der Waals surface area contributed by atoms with Gasteiger partial charge in [-0.3, -0.25) is 0 Å². The minimum absolute atomic E-state index is 0.0169. The number of rotatable bonds is 3. The third-order valence-electron chi connectivity index (χ3n) is 3.11. The summed E-state index contributed by atoms with van der Waals surface area (Å²) in [4.78, 5) is 11.0. The van der Waals surface area contributed by atoms with E-state index in [1.807, 2.05) is 13.8 Å². The lowest BCUT2D eigenvalue weighted by atomic mass is 10.2. The average Bonchev–Trinajstić information content (AvgIpc) is 2.37. The Balaban J connectivity index is 2.35. The zero-order valence-electron chi connectivity index (χ0n) is 11.4.